The monoisotopic (exact) mass is 506 g/mol. The van der Waals surface area contributed by atoms with Gasteiger partial charge in [-0.15, -0.1) is 0 Å². The van der Waals surface area contributed by atoms with Crippen molar-refractivity contribution in [2.75, 3.05) is 20.2 Å². The summed E-state index contributed by atoms with van der Waals surface area (Å²) in [6, 6.07) is 10.8. The summed E-state index contributed by atoms with van der Waals surface area (Å²) in [7, 11) is -1.88. The van der Waals surface area contributed by atoms with Crippen LogP contribution in [-0.2, 0) is 20.6 Å². The lowest BCUT2D eigenvalue weighted by atomic mass is 9.92. The summed E-state index contributed by atoms with van der Waals surface area (Å²) in [5.41, 5.74) is 3.83. The second kappa shape index (κ2) is 11.1. The molecule has 1 saturated heterocycles. The molecule has 0 radical (unpaired) electrons. The van der Waals surface area contributed by atoms with Crippen molar-refractivity contribution < 1.29 is 17.9 Å². The fraction of sp³-hybridized carbons (Fsp3) is 0.500. The van der Waals surface area contributed by atoms with Crippen molar-refractivity contribution in [3.8, 4) is 5.75 Å². The van der Waals surface area contributed by atoms with Gasteiger partial charge in [0.1, 0.15) is 5.75 Å². The first kappa shape index (κ1) is 26.5. The number of aryl methyl sites for hydroxylation is 1. The minimum Gasteiger partial charge on any atom is -0.496 e. The number of hydrogen-bond donors (Lipinski definition) is 1. The van der Waals surface area contributed by atoms with E-state index in [0.717, 1.165) is 22.4 Å². The Hall–Kier alpha value is -2.09. The van der Waals surface area contributed by atoms with Crippen LogP contribution in [-0.4, -0.2) is 38.8 Å². The molecule has 0 bridgehead atoms. The molecule has 2 unspecified atom stereocenters. The molecule has 3 rings (SSSR count). The van der Waals surface area contributed by atoms with E-state index in [1.165, 1.54) is 4.31 Å². The number of rotatable bonds is 8. The summed E-state index contributed by atoms with van der Waals surface area (Å²) < 4.78 is 33.0. The summed E-state index contributed by atoms with van der Waals surface area (Å²) in [6.45, 7) is 8.82. The van der Waals surface area contributed by atoms with E-state index in [1.54, 1.807) is 31.4 Å². The van der Waals surface area contributed by atoms with Crippen molar-refractivity contribution in [1.29, 1.82) is 0 Å². The van der Waals surface area contributed by atoms with E-state index in [4.69, 9.17) is 16.3 Å². The number of ether oxygens (including phenoxy) is 1. The number of halogens is 1. The number of benzene rings is 2. The van der Waals surface area contributed by atoms with Crippen LogP contribution in [0.1, 0.15) is 67.8 Å². The highest BCUT2D eigenvalue weighted by Gasteiger charge is 2.33. The second-order valence-electron chi connectivity index (χ2n) is 9.42. The van der Waals surface area contributed by atoms with Crippen molar-refractivity contribution in [3.63, 3.8) is 0 Å². The average Bonchev–Trinajstić information content (AvgIpc) is 2.78. The van der Waals surface area contributed by atoms with Crippen molar-refractivity contribution in [1.82, 2.24) is 9.62 Å². The zero-order valence-electron chi connectivity index (χ0n) is 20.6. The normalized spacial score (nSPS) is 18.0. The largest absolute Gasteiger partial charge is 0.496 e. The number of sulfonamides is 1. The molecule has 2 aromatic carbocycles. The van der Waals surface area contributed by atoms with E-state index >= 15 is 0 Å². The molecule has 0 spiro atoms. The Morgan fingerprint density at radius 1 is 1.21 bits per heavy atom. The molecule has 1 fully saturated rings. The van der Waals surface area contributed by atoms with E-state index < -0.39 is 10.0 Å². The average molecular weight is 507 g/mol. The predicted molar refractivity (Wildman–Crippen MR) is 137 cm³/mol. The van der Waals surface area contributed by atoms with Gasteiger partial charge in [-0.3, -0.25) is 4.79 Å². The van der Waals surface area contributed by atoms with Crippen molar-refractivity contribution in [2.24, 2.45) is 5.92 Å². The Balaban J connectivity index is 1.70. The number of piperidine rings is 1. The molecule has 1 heterocycles. The Labute approximate surface area is 208 Å². The lowest BCUT2D eigenvalue weighted by Gasteiger charge is -2.32. The van der Waals surface area contributed by atoms with Gasteiger partial charge in [0, 0.05) is 18.1 Å². The minimum absolute atomic E-state index is 0.114. The third kappa shape index (κ3) is 6.32. The predicted octanol–water partition coefficient (Wildman–Crippen LogP) is 5.20. The highest BCUT2D eigenvalue weighted by atomic mass is 35.5. The fourth-order valence-electron chi connectivity index (χ4n) is 4.56. The molecule has 34 heavy (non-hydrogen) atoms. The van der Waals surface area contributed by atoms with Crippen LogP contribution in [0.25, 0.3) is 0 Å². The maximum atomic E-state index is 13.1. The lowest BCUT2D eigenvalue weighted by molar-refractivity contribution is -0.126. The number of nitrogens with one attached hydrogen (secondary N) is 1. The van der Waals surface area contributed by atoms with Gasteiger partial charge in [0.15, 0.2) is 0 Å². The van der Waals surface area contributed by atoms with Crippen LogP contribution >= 0.6 is 11.6 Å². The van der Waals surface area contributed by atoms with Crippen molar-refractivity contribution in [3.05, 3.63) is 63.7 Å². The van der Waals surface area contributed by atoms with Gasteiger partial charge in [-0.1, -0.05) is 37.6 Å². The van der Waals surface area contributed by atoms with Gasteiger partial charge in [-0.05, 0) is 79.1 Å². The third-order valence-electron chi connectivity index (χ3n) is 6.45. The second-order valence-corrected chi connectivity index (χ2v) is 11.8. The summed E-state index contributed by atoms with van der Waals surface area (Å²) >= 11 is 6.01. The van der Waals surface area contributed by atoms with Gasteiger partial charge in [0.05, 0.1) is 24.8 Å². The maximum absolute atomic E-state index is 13.1. The number of amides is 1. The molecular weight excluding hydrogens is 472 g/mol. The first-order chi connectivity index (χ1) is 16.0. The lowest BCUT2D eigenvalue weighted by Crippen LogP contribution is -2.46. The first-order valence-corrected chi connectivity index (χ1v) is 13.7. The summed E-state index contributed by atoms with van der Waals surface area (Å²) in [6.07, 6.45) is 1.32. The zero-order chi connectivity index (χ0) is 25.0. The van der Waals surface area contributed by atoms with Gasteiger partial charge in [0.25, 0.3) is 0 Å². The highest BCUT2D eigenvalue weighted by Crippen LogP contribution is 2.32. The van der Waals surface area contributed by atoms with E-state index in [0.29, 0.717) is 30.0 Å². The molecule has 8 heteroatoms. The van der Waals surface area contributed by atoms with Crippen LogP contribution in [0.3, 0.4) is 0 Å². The van der Waals surface area contributed by atoms with Crippen molar-refractivity contribution in [2.45, 2.75) is 58.2 Å². The molecular formula is C26H35ClN2O4S. The van der Waals surface area contributed by atoms with Crippen LogP contribution in [0.4, 0.5) is 0 Å². The molecule has 1 aliphatic rings. The number of hydrogen-bond acceptors (Lipinski definition) is 4. The zero-order valence-corrected chi connectivity index (χ0v) is 22.2. The van der Waals surface area contributed by atoms with Gasteiger partial charge in [-0.25, -0.2) is 12.7 Å². The minimum atomic E-state index is -3.55. The summed E-state index contributed by atoms with van der Waals surface area (Å²) in [5, 5.41) is 3.63. The van der Waals surface area contributed by atoms with Crippen LogP contribution < -0.4 is 10.1 Å². The SMILES string of the molecule is COc1cc(C)c(C(C)NC(=O)C2CCCN(S(=O)(=O)Cc3cccc(Cl)c3)C2)cc1C(C)C. The molecule has 1 N–H and O–H groups in total. The van der Waals surface area contributed by atoms with E-state index in [2.05, 4.69) is 25.2 Å². The molecule has 2 aromatic rings. The first-order valence-electron chi connectivity index (χ1n) is 11.7. The molecule has 1 aliphatic heterocycles. The van der Waals surface area contributed by atoms with E-state index in [9.17, 15) is 13.2 Å². The Kier molecular flexibility index (Phi) is 8.66. The van der Waals surface area contributed by atoms with Gasteiger partial charge in [-0.2, -0.15) is 0 Å². The molecule has 0 saturated carbocycles. The Morgan fingerprint density at radius 2 is 1.94 bits per heavy atom. The Morgan fingerprint density at radius 3 is 2.59 bits per heavy atom. The number of methoxy groups -OCH3 is 1. The van der Waals surface area contributed by atoms with E-state index in [-0.39, 0.29) is 36.1 Å². The van der Waals surface area contributed by atoms with Crippen LogP contribution in [0.5, 0.6) is 5.75 Å². The summed E-state index contributed by atoms with van der Waals surface area (Å²) in [5.74, 6) is 0.516. The molecule has 2 atom stereocenters. The molecule has 186 valence electrons. The highest BCUT2D eigenvalue weighted by molar-refractivity contribution is 7.88. The molecule has 6 nitrogen and oxygen atoms in total. The summed E-state index contributed by atoms with van der Waals surface area (Å²) in [4.78, 5) is 13.1. The third-order valence-corrected chi connectivity index (χ3v) is 8.50. The van der Waals surface area contributed by atoms with Gasteiger partial charge in [0.2, 0.25) is 15.9 Å². The molecule has 1 amide bonds. The van der Waals surface area contributed by atoms with Crippen LogP contribution in [0, 0.1) is 12.8 Å². The van der Waals surface area contributed by atoms with Crippen LogP contribution in [0.2, 0.25) is 5.02 Å². The van der Waals surface area contributed by atoms with Gasteiger partial charge < -0.3 is 10.1 Å². The fourth-order valence-corrected chi connectivity index (χ4v) is 6.37. The van der Waals surface area contributed by atoms with E-state index in [1.807, 2.05) is 19.9 Å². The maximum Gasteiger partial charge on any atom is 0.224 e. The number of carbonyl (C=O) groups is 1. The Bertz CT molecular complexity index is 1130. The topological polar surface area (TPSA) is 75.7 Å². The number of nitrogens with zero attached hydrogens (tertiary/aromatic N) is 1. The number of carbonyl (C=O) groups excluding carboxylic acids is 1. The quantitative estimate of drug-likeness (QED) is 0.534. The van der Waals surface area contributed by atoms with Crippen LogP contribution in [0.15, 0.2) is 36.4 Å². The van der Waals surface area contributed by atoms with Crippen molar-refractivity contribution >= 4 is 27.5 Å². The molecule has 0 aliphatic carbocycles. The van der Waals surface area contributed by atoms with Gasteiger partial charge >= 0.3 is 0 Å². The molecule has 0 aromatic heterocycles. The smallest absolute Gasteiger partial charge is 0.224 e. The standard InChI is InChI=1S/C26H35ClN2O4S/c1-17(2)23-14-24(18(3)12-25(23)33-5)19(4)28-26(30)21-9-7-11-29(15-21)34(31,32)16-20-8-6-10-22(27)13-20/h6,8,10,12-14,17,19,21H,7,9,11,15-16H2,1-5H3,(H,28,30).